The molecule has 1 aromatic rings. The molecule has 9 N–H and O–H groups in total. The number of H-pyrrole nitrogens is 1. The standard InChI is InChI=1S/C19H31N7O6/c1-9(2)15(26-16(28)12(20)6-11-7-22-8-23-11)18(30)25-13(4-5-14(21)27)17(29)24-10(3)19(31)32/h7-10,12-13,15H,4-6,20H2,1-3H3,(H2,21,27)(H,22,23)(H,24,29)(H,25,30)(H,26,28)(H,31,32). The van der Waals surface area contributed by atoms with Crippen molar-refractivity contribution in [3.8, 4) is 0 Å². The van der Waals surface area contributed by atoms with Gasteiger partial charge in [0.05, 0.1) is 12.4 Å². The lowest BCUT2D eigenvalue weighted by Gasteiger charge is -2.26. The molecule has 0 aromatic carbocycles. The molecule has 0 bridgehead atoms. The lowest BCUT2D eigenvalue weighted by molar-refractivity contribution is -0.142. The minimum atomic E-state index is -1.27. The Balaban J connectivity index is 2.86. The van der Waals surface area contributed by atoms with Crippen molar-refractivity contribution < 1.29 is 29.1 Å². The van der Waals surface area contributed by atoms with Crippen LogP contribution in [0, 0.1) is 5.92 Å². The van der Waals surface area contributed by atoms with Crippen molar-refractivity contribution in [2.75, 3.05) is 0 Å². The maximum atomic E-state index is 12.8. The molecule has 0 radical (unpaired) electrons. The normalized spacial score (nSPS) is 14.7. The van der Waals surface area contributed by atoms with Gasteiger partial charge >= 0.3 is 5.97 Å². The van der Waals surface area contributed by atoms with E-state index in [-0.39, 0.29) is 25.2 Å². The zero-order valence-corrected chi connectivity index (χ0v) is 18.3. The largest absolute Gasteiger partial charge is 0.480 e. The number of aromatic nitrogens is 2. The molecule has 0 aliphatic carbocycles. The number of hydrogen-bond acceptors (Lipinski definition) is 7. The Hall–Kier alpha value is -3.48. The van der Waals surface area contributed by atoms with Crippen molar-refractivity contribution >= 4 is 29.6 Å². The molecule has 0 spiro atoms. The molecule has 178 valence electrons. The molecule has 0 fully saturated rings. The average molecular weight is 454 g/mol. The van der Waals surface area contributed by atoms with Gasteiger partial charge in [-0.3, -0.25) is 24.0 Å². The zero-order valence-electron chi connectivity index (χ0n) is 18.3. The fourth-order valence-corrected chi connectivity index (χ4v) is 2.71. The van der Waals surface area contributed by atoms with Gasteiger partial charge in [0.2, 0.25) is 23.6 Å². The SMILES string of the molecule is CC(NC(=O)C(CCC(N)=O)NC(=O)C(NC(=O)C(N)Cc1cnc[nH]1)C(C)C)C(=O)O. The lowest BCUT2D eigenvalue weighted by atomic mass is 10.0. The van der Waals surface area contributed by atoms with Crippen molar-refractivity contribution in [2.24, 2.45) is 17.4 Å². The first-order chi connectivity index (χ1) is 14.9. The number of primary amides is 1. The summed E-state index contributed by atoms with van der Waals surface area (Å²) in [6, 6.07) is -4.42. The predicted octanol–water partition coefficient (Wildman–Crippen LogP) is -2.24. The number of nitrogens with two attached hydrogens (primary N) is 2. The molecule has 4 unspecified atom stereocenters. The molecular formula is C19H31N7O6. The summed E-state index contributed by atoms with van der Waals surface area (Å²) < 4.78 is 0. The monoisotopic (exact) mass is 453 g/mol. The van der Waals surface area contributed by atoms with Crippen LogP contribution in [0.5, 0.6) is 0 Å². The molecule has 0 aliphatic heterocycles. The maximum absolute atomic E-state index is 12.8. The van der Waals surface area contributed by atoms with E-state index in [0.717, 1.165) is 0 Å². The number of rotatable bonds is 13. The first-order valence-electron chi connectivity index (χ1n) is 10.1. The molecule has 13 nitrogen and oxygen atoms in total. The molecule has 1 heterocycles. The van der Waals surface area contributed by atoms with Crippen LogP contribution in [0.1, 0.15) is 39.3 Å². The van der Waals surface area contributed by atoms with Crippen LogP contribution in [0.4, 0.5) is 0 Å². The summed E-state index contributed by atoms with van der Waals surface area (Å²) in [5.74, 6) is -4.38. The first-order valence-corrected chi connectivity index (χ1v) is 10.1. The Morgan fingerprint density at radius 3 is 2.22 bits per heavy atom. The van der Waals surface area contributed by atoms with Crippen molar-refractivity contribution in [3.63, 3.8) is 0 Å². The Kier molecular flexibility index (Phi) is 10.3. The van der Waals surface area contributed by atoms with E-state index in [1.54, 1.807) is 13.8 Å². The fourth-order valence-electron chi connectivity index (χ4n) is 2.71. The Morgan fingerprint density at radius 1 is 1.06 bits per heavy atom. The third kappa shape index (κ3) is 8.71. The van der Waals surface area contributed by atoms with Gasteiger partial charge < -0.3 is 37.5 Å². The van der Waals surface area contributed by atoms with Gasteiger partial charge in [0, 0.05) is 24.7 Å². The van der Waals surface area contributed by atoms with Gasteiger partial charge in [-0.1, -0.05) is 13.8 Å². The van der Waals surface area contributed by atoms with Gasteiger partial charge in [-0.25, -0.2) is 4.98 Å². The van der Waals surface area contributed by atoms with E-state index in [4.69, 9.17) is 16.6 Å². The number of nitrogens with one attached hydrogen (secondary N) is 4. The minimum absolute atomic E-state index is 0.142. The fraction of sp³-hybridized carbons (Fsp3) is 0.579. The Bertz CT molecular complexity index is 811. The number of nitrogens with zero attached hydrogens (tertiary/aromatic N) is 1. The van der Waals surface area contributed by atoms with Crippen LogP contribution >= 0.6 is 0 Å². The summed E-state index contributed by atoms with van der Waals surface area (Å²) in [7, 11) is 0. The van der Waals surface area contributed by atoms with Gasteiger partial charge in [0.25, 0.3) is 0 Å². The van der Waals surface area contributed by atoms with Crippen LogP contribution in [-0.2, 0) is 30.4 Å². The molecule has 0 saturated carbocycles. The highest BCUT2D eigenvalue weighted by Crippen LogP contribution is 2.06. The molecule has 0 saturated heterocycles. The molecule has 4 amide bonds. The second kappa shape index (κ2) is 12.4. The van der Waals surface area contributed by atoms with E-state index in [1.165, 1.54) is 19.4 Å². The minimum Gasteiger partial charge on any atom is -0.480 e. The second-order valence-electron chi connectivity index (χ2n) is 7.75. The van der Waals surface area contributed by atoms with E-state index in [0.29, 0.717) is 5.69 Å². The van der Waals surface area contributed by atoms with E-state index in [2.05, 4.69) is 25.9 Å². The molecular weight excluding hydrogens is 422 g/mol. The van der Waals surface area contributed by atoms with E-state index in [9.17, 15) is 24.0 Å². The molecule has 32 heavy (non-hydrogen) atoms. The van der Waals surface area contributed by atoms with Crippen LogP contribution in [0.25, 0.3) is 0 Å². The highest BCUT2D eigenvalue weighted by atomic mass is 16.4. The second-order valence-corrected chi connectivity index (χ2v) is 7.75. The van der Waals surface area contributed by atoms with Crippen LogP contribution < -0.4 is 27.4 Å². The van der Waals surface area contributed by atoms with Crippen molar-refractivity contribution in [1.82, 2.24) is 25.9 Å². The number of imidazole rings is 1. The van der Waals surface area contributed by atoms with Crippen LogP contribution in [0.15, 0.2) is 12.5 Å². The van der Waals surface area contributed by atoms with Crippen molar-refractivity contribution in [1.29, 1.82) is 0 Å². The average Bonchev–Trinajstić information content (AvgIpc) is 3.21. The highest BCUT2D eigenvalue weighted by Gasteiger charge is 2.31. The summed E-state index contributed by atoms with van der Waals surface area (Å²) in [6.07, 6.45) is 2.80. The number of aliphatic carboxylic acids is 1. The van der Waals surface area contributed by atoms with Gasteiger partial charge in [-0.2, -0.15) is 0 Å². The Morgan fingerprint density at radius 2 is 1.72 bits per heavy atom. The van der Waals surface area contributed by atoms with E-state index >= 15 is 0 Å². The van der Waals surface area contributed by atoms with Gasteiger partial charge in [0.15, 0.2) is 0 Å². The maximum Gasteiger partial charge on any atom is 0.325 e. The molecule has 13 heteroatoms. The Labute approximate surface area is 185 Å². The summed E-state index contributed by atoms with van der Waals surface area (Å²) >= 11 is 0. The van der Waals surface area contributed by atoms with Crippen LogP contribution in [-0.4, -0.2) is 68.8 Å². The number of amides is 4. The van der Waals surface area contributed by atoms with Gasteiger partial charge in [-0.15, -0.1) is 0 Å². The summed E-state index contributed by atoms with van der Waals surface area (Å²) in [6.45, 7) is 4.64. The zero-order chi connectivity index (χ0) is 24.4. The number of carbonyl (C=O) groups excluding carboxylic acids is 4. The van der Waals surface area contributed by atoms with Crippen molar-refractivity contribution in [2.45, 2.75) is 64.2 Å². The third-order valence-corrected chi connectivity index (χ3v) is 4.62. The molecule has 1 aromatic heterocycles. The number of carbonyl (C=O) groups is 5. The van der Waals surface area contributed by atoms with Gasteiger partial charge in [-0.05, 0) is 19.3 Å². The number of carboxylic acid groups (broad SMARTS) is 1. The van der Waals surface area contributed by atoms with E-state index < -0.39 is 53.8 Å². The smallest absolute Gasteiger partial charge is 0.325 e. The molecule has 4 atom stereocenters. The van der Waals surface area contributed by atoms with Gasteiger partial charge in [0.1, 0.15) is 18.1 Å². The number of aromatic amines is 1. The van der Waals surface area contributed by atoms with Crippen LogP contribution in [0.2, 0.25) is 0 Å². The van der Waals surface area contributed by atoms with Crippen molar-refractivity contribution in [3.05, 3.63) is 18.2 Å². The van der Waals surface area contributed by atoms with E-state index in [1.807, 2.05) is 0 Å². The molecule has 0 aliphatic rings. The summed E-state index contributed by atoms with van der Waals surface area (Å²) in [5, 5.41) is 16.2. The first kappa shape index (κ1) is 26.6. The quantitative estimate of drug-likeness (QED) is 0.172. The number of carboxylic acids is 1. The molecule has 1 rings (SSSR count). The predicted molar refractivity (Wildman–Crippen MR) is 113 cm³/mol. The lowest BCUT2D eigenvalue weighted by Crippen LogP contribution is -2.58. The summed E-state index contributed by atoms with van der Waals surface area (Å²) in [4.78, 5) is 66.6. The topological polar surface area (TPSA) is 222 Å². The number of hydrogen-bond donors (Lipinski definition) is 7. The van der Waals surface area contributed by atoms with Crippen LogP contribution in [0.3, 0.4) is 0 Å². The summed E-state index contributed by atoms with van der Waals surface area (Å²) in [5.41, 5.74) is 11.7. The highest BCUT2D eigenvalue weighted by molar-refractivity contribution is 5.94. The third-order valence-electron chi connectivity index (χ3n) is 4.62.